The number of halogens is 2. The lowest BCUT2D eigenvalue weighted by atomic mass is 10.1. The van der Waals surface area contributed by atoms with Gasteiger partial charge in [0.2, 0.25) is 11.8 Å². The van der Waals surface area contributed by atoms with Gasteiger partial charge < -0.3 is 10.6 Å². The van der Waals surface area contributed by atoms with Gasteiger partial charge in [-0.2, -0.15) is 0 Å². The molecule has 1 fully saturated rings. The van der Waals surface area contributed by atoms with E-state index in [4.69, 9.17) is 0 Å². The number of rotatable bonds is 7. The van der Waals surface area contributed by atoms with E-state index >= 15 is 0 Å². The molecule has 1 aliphatic rings. The van der Waals surface area contributed by atoms with Crippen molar-refractivity contribution in [1.82, 2.24) is 14.8 Å². The number of anilines is 2. The Labute approximate surface area is 200 Å². The zero-order valence-electron chi connectivity index (χ0n) is 18.7. The number of carbonyl (C=O) groups excluding carboxylic acids is 2. The number of piperazine rings is 1. The van der Waals surface area contributed by atoms with Crippen LogP contribution >= 0.6 is 11.3 Å². The quantitative estimate of drug-likeness (QED) is 0.535. The molecule has 7 nitrogen and oxygen atoms in total. The number of nitrogens with zero attached hydrogens (tertiary/aromatic N) is 3. The van der Waals surface area contributed by atoms with Crippen LogP contribution < -0.4 is 10.6 Å². The van der Waals surface area contributed by atoms with Crippen molar-refractivity contribution >= 4 is 34.0 Å². The molecule has 3 aromatic rings. The zero-order chi connectivity index (χ0) is 24.1. The summed E-state index contributed by atoms with van der Waals surface area (Å²) in [5.41, 5.74) is 2.24. The summed E-state index contributed by atoms with van der Waals surface area (Å²) < 4.78 is 27.4. The molecule has 0 saturated carbocycles. The molecule has 4 rings (SSSR count). The van der Waals surface area contributed by atoms with Crippen molar-refractivity contribution in [1.29, 1.82) is 0 Å². The first-order chi connectivity index (χ1) is 16.4. The molecule has 10 heteroatoms. The maximum atomic E-state index is 13.9. The highest BCUT2D eigenvalue weighted by Crippen LogP contribution is 2.27. The smallest absolute Gasteiger partial charge is 0.240 e. The predicted octanol–water partition coefficient (Wildman–Crippen LogP) is 3.59. The Balaban J connectivity index is 1.21. The van der Waals surface area contributed by atoms with Crippen LogP contribution in [-0.2, 0) is 9.59 Å². The molecule has 0 spiro atoms. The van der Waals surface area contributed by atoms with Crippen LogP contribution in [0.4, 0.5) is 19.6 Å². The van der Waals surface area contributed by atoms with Gasteiger partial charge in [-0.15, -0.1) is 11.3 Å². The number of amides is 2. The normalized spacial score (nSPS) is 14.7. The standard InChI is InChI=1S/C24H25F2N5O2S/c1-16-2-5-18(6-3-16)27-22(32)13-30-8-10-31(11-9-30)14-23(33)29-24-28-21(15-34-24)19-12-17(25)4-7-20(19)26/h2-7,12,15H,8-11,13-14H2,1H3,(H,27,32)(H,28,29,33). The summed E-state index contributed by atoms with van der Waals surface area (Å²) in [5.74, 6) is -1.42. The van der Waals surface area contributed by atoms with E-state index in [1.807, 2.05) is 36.1 Å². The van der Waals surface area contributed by atoms with Crippen molar-refractivity contribution in [2.75, 3.05) is 49.9 Å². The van der Waals surface area contributed by atoms with Crippen molar-refractivity contribution in [2.45, 2.75) is 6.92 Å². The summed E-state index contributed by atoms with van der Waals surface area (Å²) in [6.45, 7) is 5.14. The molecule has 0 atom stereocenters. The van der Waals surface area contributed by atoms with Crippen molar-refractivity contribution in [3.8, 4) is 11.3 Å². The van der Waals surface area contributed by atoms with E-state index in [0.717, 1.165) is 40.8 Å². The minimum atomic E-state index is -0.574. The molecule has 0 unspecified atom stereocenters. The Bertz CT molecular complexity index is 1160. The minimum Gasteiger partial charge on any atom is -0.325 e. The molecule has 2 N–H and O–H groups in total. The Hall–Kier alpha value is -3.21. The van der Waals surface area contributed by atoms with Crippen LogP contribution in [0, 0.1) is 18.6 Å². The van der Waals surface area contributed by atoms with E-state index < -0.39 is 11.6 Å². The molecule has 34 heavy (non-hydrogen) atoms. The molecule has 1 saturated heterocycles. The van der Waals surface area contributed by atoms with Crippen LogP contribution in [0.15, 0.2) is 47.8 Å². The first-order valence-corrected chi connectivity index (χ1v) is 11.8. The van der Waals surface area contributed by atoms with Gasteiger partial charge in [-0.3, -0.25) is 19.4 Å². The van der Waals surface area contributed by atoms with E-state index in [1.54, 1.807) is 5.38 Å². The van der Waals surface area contributed by atoms with Crippen molar-refractivity contribution in [3.05, 3.63) is 65.0 Å². The predicted molar refractivity (Wildman–Crippen MR) is 129 cm³/mol. The van der Waals surface area contributed by atoms with Gasteiger partial charge in [0, 0.05) is 42.8 Å². The molecular weight excluding hydrogens is 460 g/mol. The van der Waals surface area contributed by atoms with Crippen LogP contribution in [0.25, 0.3) is 11.3 Å². The van der Waals surface area contributed by atoms with Gasteiger partial charge in [0.25, 0.3) is 0 Å². The topological polar surface area (TPSA) is 77.6 Å². The molecule has 1 aliphatic heterocycles. The highest BCUT2D eigenvalue weighted by molar-refractivity contribution is 7.14. The highest BCUT2D eigenvalue weighted by Gasteiger charge is 2.21. The van der Waals surface area contributed by atoms with E-state index in [1.165, 1.54) is 0 Å². The maximum absolute atomic E-state index is 13.9. The Morgan fingerprint density at radius 2 is 1.56 bits per heavy atom. The highest BCUT2D eigenvalue weighted by atomic mass is 32.1. The Morgan fingerprint density at radius 1 is 0.941 bits per heavy atom. The molecule has 0 aliphatic carbocycles. The average Bonchev–Trinajstić information content (AvgIpc) is 3.26. The third-order valence-corrected chi connectivity index (χ3v) is 6.25. The fraction of sp³-hybridized carbons (Fsp3) is 0.292. The molecule has 2 heterocycles. The summed E-state index contributed by atoms with van der Waals surface area (Å²) in [6.07, 6.45) is 0. The summed E-state index contributed by atoms with van der Waals surface area (Å²) in [7, 11) is 0. The number of nitrogens with one attached hydrogen (secondary N) is 2. The van der Waals surface area contributed by atoms with Gasteiger partial charge in [0.05, 0.1) is 18.8 Å². The zero-order valence-corrected chi connectivity index (χ0v) is 19.5. The van der Waals surface area contributed by atoms with Gasteiger partial charge in [0.15, 0.2) is 5.13 Å². The van der Waals surface area contributed by atoms with Gasteiger partial charge in [-0.25, -0.2) is 13.8 Å². The van der Waals surface area contributed by atoms with Crippen LogP contribution in [0.3, 0.4) is 0 Å². The van der Waals surface area contributed by atoms with Gasteiger partial charge in [-0.05, 0) is 37.3 Å². The number of carbonyl (C=O) groups is 2. The van der Waals surface area contributed by atoms with E-state index in [-0.39, 0.29) is 29.6 Å². The van der Waals surface area contributed by atoms with Crippen LogP contribution in [-0.4, -0.2) is 65.9 Å². The van der Waals surface area contributed by atoms with Crippen molar-refractivity contribution in [2.24, 2.45) is 0 Å². The third kappa shape index (κ3) is 6.43. The van der Waals surface area contributed by atoms with E-state index in [2.05, 4.69) is 20.5 Å². The van der Waals surface area contributed by atoms with E-state index in [0.29, 0.717) is 37.9 Å². The molecule has 1 aromatic heterocycles. The van der Waals surface area contributed by atoms with Crippen LogP contribution in [0.1, 0.15) is 5.56 Å². The first-order valence-electron chi connectivity index (χ1n) is 10.9. The molecule has 0 radical (unpaired) electrons. The molecule has 178 valence electrons. The lowest BCUT2D eigenvalue weighted by Crippen LogP contribution is -2.50. The SMILES string of the molecule is Cc1ccc(NC(=O)CN2CCN(CC(=O)Nc3nc(-c4cc(F)ccc4F)cs3)CC2)cc1. The summed E-state index contributed by atoms with van der Waals surface area (Å²) in [4.78, 5) is 33.0. The number of thiazole rings is 1. The first kappa shape index (κ1) is 23.9. The summed E-state index contributed by atoms with van der Waals surface area (Å²) in [6, 6.07) is 10.8. The van der Waals surface area contributed by atoms with Crippen LogP contribution in [0.5, 0.6) is 0 Å². The van der Waals surface area contributed by atoms with E-state index in [9.17, 15) is 18.4 Å². The second-order valence-electron chi connectivity index (χ2n) is 8.18. The van der Waals surface area contributed by atoms with Gasteiger partial charge in [-0.1, -0.05) is 17.7 Å². The largest absolute Gasteiger partial charge is 0.325 e. The molecular formula is C24H25F2N5O2S. The lowest BCUT2D eigenvalue weighted by molar-refractivity contribution is -0.120. The lowest BCUT2D eigenvalue weighted by Gasteiger charge is -2.33. The maximum Gasteiger partial charge on any atom is 0.240 e. The number of hydrogen-bond donors (Lipinski definition) is 2. The number of aromatic nitrogens is 1. The third-order valence-electron chi connectivity index (χ3n) is 5.49. The average molecular weight is 486 g/mol. The fourth-order valence-electron chi connectivity index (χ4n) is 3.66. The molecule has 2 aromatic carbocycles. The number of hydrogen-bond acceptors (Lipinski definition) is 6. The summed E-state index contributed by atoms with van der Waals surface area (Å²) >= 11 is 1.15. The van der Waals surface area contributed by atoms with Crippen molar-refractivity contribution < 1.29 is 18.4 Å². The fourth-order valence-corrected chi connectivity index (χ4v) is 4.38. The second-order valence-corrected chi connectivity index (χ2v) is 9.03. The van der Waals surface area contributed by atoms with Gasteiger partial charge in [0.1, 0.15) is 11.6 Å². The molecule has 2 amide bonds. The van der Waals surface area contributed by atoms with Crippen LogP contribution in [0.2, 0.25) is 0 Å². The van der Waals surface area contributed by atoms with Gasteiger partial charge >= 0.3 is 0 Å². The number of benzene rings is 2. The monoisotopic (exact) mass is 485 g/mol. The Morgan fingerprint density at radius 3 is 2.21 bits per heavy atom. The van der Waals surface area contributed by atoms with Crippen molar-refractivity contribution in [3.63, 3.8) is 0 Å². The summed E-state index contributed by atoms with van der Waals surface area (Å²) in [5, 5.41) is 7.53. The minimum absolute atomic E-state index is 0.0549. The number of aryl methyl sites for hydroxylation is 1. The molecule has 0 bridgehead atoms. The Kier molecular flexibility index (Phi) is 7.61. The second kappa shape index (κ2) is 10.8.